The van der Waals surface area contributed by atoms with Crippen LogP contribution in [0.3, 0.4) is 0 Å². The zero-order valence-corrected chi connectivity index (χ0v) is 14.3. The number of anilines is 1. The van der Waals surface area contributed by atoms with E-state index in [1.165, 1.54) is 23.3 Å². The second kappa shape index (κ2) is 7.75. The van der Waals surface area contributed by atoms with Gasteiger partial charge in [0.15, 0.2) is 6.54 Å². The molecule has 1 heterocycles. The van der Waals surface area contributed by atoms with Gasteiger partial charge in [0.2, 0.25) is 0 Å². The summed E-state index contributed by atoms with van der Waals surface area (Å²) in [7, 11) is 2.06. The first-order valence-corrected chi connectivity index (χ1v) is 8.26. The zero-order valence-electron chi connectivity index (χ0n) is 14.3. The van der Waals surface area contributed by atoms with Crippen LogP contribution in [-0.4, -0.2) is 38.8 Å². The summed E-state index contributed by atoms with van der Waals surface area (Å²) in [5.74, 6) is 0.0726. The van der Waals surface area contributed by atoms with E-state index in [1.807, 2.05) is 13.8 Å². The number of rotatable bonds is 5. The fourth-order valence-electron chi connectivity index (χ4n) is 3.26. The van der Waals surface area contributed by atoms with Crippen LogP contribution in [0.2, 0.25) is 0 Å². The highest BCUT2D eigenvalue weighted by atomic mass is 16.5. The molecule has 1 amide bonds. The summed E-state index contributed by atoms with van der Waals surface area (Å²) >= 11 is 0. The Morgan fingerprint density at radius 3 is 2.55 bits per heavy atom. The molecule has 2 N–H and O–H groups in total. The standard InChI is InChI=1S/C18H28N2O2/c1-13-9-14(2)18(15(3)10-13)19-17(21)12-20(4)11-16-7-5-6-8-22-16/h9-10,16H,5-8,11-12H2,1-4H3,(H,19,21)/p+1/t16-/m1/s1. The number of benzene rings is 1. The molecule has 0 aliphatic carbocycles. The lowest BCUT2D eigenvalue weighted by Gasteiger charge is -2.25. The topological polar surface area (TPSA) is 42.8 Å². The largest absolute Gasteiger partial charge is 0.372 e. The Kier molecular flexibility index (Phi) is 5.98. The smallest absolute Gasteiger partial charge is 0.279 e. The van der Waals surface area contributed by atoms with Crippen molar-refractivity contribution < 1.29 is 14.4 Å². The van der Waals surface area contributed by atoms with Crippen molar-refractivity contribution in [2.45, 2.75) is 46.1 Å². The lowest BCUT2D eigenvalue weighted by Crippen LogP contribution is -3.11. The van der Waals surface area contributed by atoms with Crippen molar-refractivity contribution in [3.8, 4) is 0 Å². The van der Waals surface area contributed by atoms with Crippen LogP contribution in [0.4, 0.5) is 5.69 Å². The lowest BCUT2D eigenvalue weighted by atomic mass is 10.1. The molecule has 2 rings (SSSR count). The molecule has 4 heteroatoms. The first-order chi connectivity index (χ1) is 10.5. The highest BCUT2D eigenvalue weighted by Crippen LogP contribution is 2.21. The molecule has 122 valence electrons. The number of likely N-dealkylation sites (N-methyl/N-ethyl adjacent to an activating group) is 1. The van der Waals surface area contributed by atoms with Crippen LogP contribution in [0, 0.1) is 20.8 Å². The predicted molar refractivity (Wildman–Crippen MR) is 89.5 cm³/mol. The van der Waals surface area contributed by atoms with E-state index in [4.69, 9.17) is 4.74 Å². The van der Waals surface area contributed by atoms with Gasteiger partial charge >= 0.3 is 0 Å². The molecule has 0 spiro atoms. The number of hydrogen-bond acceptors (Lipinski definition) is 2. The molecular formula is C18H29N2O2+. The van der Waals surface area contributed by atoms with E-state index in [2.05, 4.69) is 31.4 Å². The molecule has 1 aromatic carbocycles. The van der Waals surface area contributed by atoms with Gasteiger partial charge in [-0.3, -0.25) is 4.79 Å². The van der Waals surface area contributed by atoms with Crippen molar-refractivity contribution in [2.75, 3.05) is 32.1 Å². The Morgan fingerprint density at radius 1 is 1.27 bits per heavy atom. The third-order valence-corrected chi connectivity index (χ3v) is 4.25. The van der Waals surface area contributed by atoms with Crippen molar-refractivity contribution in [3.05, 3.63) is 28.8 Å². The Hall–Kier alpha value is -1.39. The molecule has 1 aromatic rings. The summed E-state index contributed by atoms with van der Waals surface area (Å²) in [6, 6.07) is 4.21. The number of carbonyl (C=O) groups excluding carboxylic acids is 1. The van der Waals surface area contributed by atoms with E-state index in [9.17, 15) is 4.79 Å². The van der Waals surface area contributed by atoms with Gasteiger partial charge in [-0.15, -0.1) is 0 Å². The molecule has 1 aliphatic rings. The van der Waals surface area contributed by atoms with Gasteiger partial charge in [-0.05, 0) is 51.2 Å². The van der Waals surface area contributed by atoms with Crippen LogP contribution in [0.5, 0.6) is 0 Å². The van der Waals surface area contributed by atoms with Crippen molar-refractivity contribution in [1.82, 2.24) is 0 Å². The number of carbonyl (C=O) groups is 1. The number of nitrogens with one attached hydrogen (secondary N) is 2. The summed E-state index contributed by atoms with van der Waals surface area (Å²) in [6.07, 6.45) is 3.84. The minimum absolute atomic E-state index is 0.0726. The average molecular weight is 305 g/mol. The van der Waals surface area contributed by atoms with Gasteiger partial charge in [-0.2, -0.15) is 0 Å². The van der Waals surface area contributed by atoms with Crippen LogP contribution in [0.1, 0.15) is 36.0 Å². The van der Waals surface area contributed by atoms with Gasteiger partial charge in [-0.25, -0.2) is 0 Å². The molecule has 1 aliphatic heterocycles. The maximum Gasteiger partial charge on any atom is 0.279 e. The van der Waals surface area contributed by atoms with E-state index < -0.39 is 0 Å². The van der Waals surface area contributed by atoms with Crippen molar-refractivity contribution in [1.29, 1.82) is 0 Å². The van der Waals surface area contributed by atoms with Gasteiger partial charge in [-0.1, -0.05) is 17.7 Å². The summed E-state index contributed by atoms with van der Waals surface area (Å²) in [5.41, 5.74) is 4.43. The maximum atomic E-state index is 12.3. The first kappa shape index (κ1) is 17.0. The number of hydrogen-bond donors (Lipinski definition) is 2. The Bertz CT molecular complexity index is 499. The Labute approximate surface area is 133 Å². The third-order valence-electron chi connectivity index (χ3n) is 4.25. The summed E-state index contributed by atoms with van der Waals surface area (Å²) in [5, 5.41) is 3.07. The molecule has 1 saturated heterocycles. The van der Waals surface area contributed by atoms with Crippen molar-refractivity contribution in [2.24, 2.45) is 0 Å². The van der Waals surface area contributed by atoms with E-state index >= 15 is 0 Å². The molecule has 0 radical (unpaired) electrons. The van der Waals surface area contributed by atoms with Crippen LogP contribution in [-0.2, 0) is 9.53 Å². The second-order valence-corrected chi connectivity index (χ2v) is 6.65. The third kappa shape index (κ3) is 4.82. The molecule has 0 aromatic heterocycles. The average Bonchev–Trinajstić information content (AvgIpc) is 2.43. The van der Waals surface area contributed by atoms with E-state index in [0.29, 0.717) is 12.6 Å². The summed E-state index contributed by atoms with van der Waals surface area (Å²) < 4.78 is 5.75. The fourth-order valence-corrected chi connectivity index (χ4v) is 3.26. The monoisotopic (exact) mass is 305 g/mol. The molecular weight excluding hydrogens is 276 g/mol. The quantitative estimate of drug-likeness (QED) is 0.868. The Morgan fingerprint density at radius 2 is 1.95 bits per heavy atom. The minimum Gasteiger partial charge on any atom is -0.372 e. The van der Waals surface area contributed by atoms with E-state index in [1.54, 1.807) is 0 Å². The van der Waals surface area contributed by atoms with Crippen molar-refractivity contribution >= 4 is 11.6 Å². The summed E-state index contributed by atoms with van der Waals surface area (Å²) in [6.45, 7) is 8.41. The molecule has 2 atom stereocenters. The molecule has 1 fully saturated rings. The van der Waals surface area contributed by atoms with Crippen LogP contribution in [0.15, 0.2) is 12.1 Å². The van der Waals surface area contributed by atoms with Crippen LogP contribution in [0.25, 0.3) is 0 Å². The predicted octanol–water partition coefficient (Wildman–Crippen LogP) is 1.63. The first-order valence-electron chi connectivity index (χ1n) is 8.26. The number of ether oxygens (including phenoxy) is 1. The number of aryl methyl sites for hydroxylation is 3. The Balaban J connectivity index is 1.87. The normalized spacial score (nSPS) is 19.7. The maximum absolute atomic E-state index is 12.3. The second-order valence-electron chi connectivity index (χ2n) is 6.65. The highest BCUT2D eigenvalue weighted by Gasteiger charge is 2.20. The molecule has 22 heavy (non-hydrogen) atoms. The highest BCUT2D eigenvalue weighted by molar-refractivity contribution is 5.93. The van der Waals surface area contributed by atoms with Gasteiger partial charge < -0.3 is 15.0 Å². The zero-order chi connectivity index (χ0) is 16.1. The summed E-state index contributed by atoms with van der Waals surface area (Å²) in [4.78, 5) is 13.5. The molecule has 0 bridgehead atoms. The van der Waals surface area contributed by atoms with Gasteiger partial charge in [0, 0.05) is 12.3 Å². The SMILES string of the molecule is Cc1cc(C)c(NC(=O)C[NH+](C)C[C@H]2CCCCO2)c(C)c1. The molecule has 0 saturated carbocycles. The van der Waals surface area contributed by atoms with Gasteiger partial charge in [0.25, 0.3) is 5.91 Å². The van der Waals surface area contributed by atoms with Gasteiger partial charge in [0.1, 0.15) is 12.6 Å². The van der Waals surface area contributed by atoms with Crippen molar-refractivity contribution in [3.63, 3.8) is 0 Å². The van der Waals surface area contributed by atoms with Gasteiger partial charge in [0.05, 0.1) is 7.05 Å². The minimum atomic E-state index is 0.0726. The molecule has 4 nitrogen and oxygen atoms in total. The van der Waals surface area contributed by atoms with Crippen LogP contribution < -0.4 is 10.2 Å². The van der Waals surface area contributed by atoms with E-state index in [0.717, 1.165) is 36.4 Å². The van der Waals surface area contributed by atoms with Crippen LogP contribution >= 0.6 is 0 Å². The fraction of sp³-hybridized carbons (Fsp3) is 0.611. The number of quaternary nitrogens is 1. The molecule has 1 unspecified atom stereocenters. The lowest BCUT2D eigenvalue weighted by molar-refractivity contribution is -0.874. The van der Waals surface area contributed by atoms with E-state index in [-0.39, 0.29) is 5.91 Å². The number of amides is 1.